The quantitative estimate of drug-likeness (QED) is 0.521. The van der Waals surface area contributed by atoms with E-state index in [1.165, 1.54) is 24.8 Å². The summed E-state index contributed by atoms with van der Waals surface area (Å²) in [5.41, 5.74) is 2.37. The highest BCUT2D eigenvalue weighted by atomic mass is 16.3. The fourth-order valence-electron chi connectivity index (χ4n) is 1.92. The van der Waals surface area contributed by atoms with Gasteiger partial charge in [0.15, 0.2) is 5.75 Å². The molecule has 0 aliphatic heterocycles. The molecule has 0 atom stereocenters. The van der Waals surface area contributed by atoms with Crippen molar-refractivity contribution in [3.05, 3.63) is 29.3 Å². The van der Waals surface area contributed by atoms with E-state index in [2.05, 4.69) is 6.07 Å². The minimum atomic E-state index is 0.245. The molecular weight excluding hydrogens is 148 g/mol. The van der Waals surface area contributed by atoms with Gasteiger partial charge in [0.25, 0.3) is 0 Å². The SMILES string of the molecule is [O]c1cccc2c1CCCCC2. The third-order valence-corrected chi connectivity index (χ3v) is 2.60. The van der Waals surface area contributed by atoms with Crippen LogP contribution in [-0.4, -0.2) is 0 Å². The molecule has 2 rings (SSSR count). The molecular formula is C11H13O. The van der Waals surface area contributed by atoms with E-state index < -0.39 is 0 Å². The Balaban J connectivity index is 2.42. The molecule has 0 N–H and O–H groups in total. The highest BCUT2D eigenvalue weighted by Crippen LogP contribution is 2.27. The molecule has 63 valence electrons. The van der Waals surface area contributed by atoms with Crippen molar-refractivity contribution in [2.75, 3.05) is 0 Å². The first kappa shape index (κ1) is 7.66. The maximum absolute atomic E-state index is 11.4. The molecule has 0 heterocycles. The number of benzene rings is 1. The van der Waals surface area contributed by atoms with Crippen molar-refractivity contribution in [2.45, 2.75) is 32.1 Å². The van der Waals surface area contributed by atoms with Gasteiger partial charge < -0.3 is 0 Å². The molecule has 1 aromatic rings. The molecule has 1 heteroatoms. The van der Waals surface area contributed by atoms with E-state index in [9.17, 15) is 5.11 Å². The standard InChI is InChI=1S/C11H13O/c12-11-8-4-6-9-5-2-1-3-7-10(9)11/h4,6,8H,1-3,5,7H2. The summed E-state index contributed by atoms with van der Waals surface area (Å²) >= 11 is 0. The summed E-state index contributed by atoms with van der Waals surface area (Å²) in [5.74, 6) is 0.245. The summed E-state index contributed by atoms with van der Waals surface area (Å²) in [6.07, 6.45) is 5.80. The fourth-order valence-corrected chi connectivity index (χ4v) is 1.92. The van der Waals surface area contributed by atoms with Crippen LogP contribution in [-0.2, 0) is 17.9 Å². The highest BCUT2D eigenvalue weighted by Gasteiger charge is 2.11. The van der Waals surface area contributed by atoms with Gasteiger partial charge in [-0.2, -0.15) is 0 Å². The van der Waals surface area contributed by atoms with Crippen molar-refractivity contribution in [3.63, 3.8) is 0 Å². The molecule has 1 aliphatic rings. The molecule has 0 saturated carbocycles. The molecule has 0 aromatic heterocycles. The maximum atomic E-state index is 11.4. The molecule has 1 nitrogen and oxygen atoms in total. The molecule has 0 bridgehead atoms. The van der Waals surface area contributed by atoms with Crippen LogP contribution in [0.25, 0.3) is 0 Å². The Labute approximate surface area is 73.0 Å². The van der Waals surface area contributed by atoms with E-state index in [1.54, 1.807) is 6.07 Å². The Kier molecular flexibility index (Phi) is 2.03. The predicted octanol–water partition coefficient (Wildman–Crippen LogP) is 3.10. The van der Waals surface area contributed by atoms with Crippen LogP contribution in [0.1, 0.15) is 30.4 Å². The topological polar surface area (TPSA) is 19.9 Å². The normalized spacial score (nSPS) is 16.7. The molecule has 12 heavy (non-hydrogen) atoms. The molecule has 0 saturated heterocycles. The number of hydrogen-bond acceptors (Lipinski definition) is 0. The third-order valence-electron chi connectivity index (χ3n) is 2.60. The van der Waals surface area contributed by atoms with Crippen molar-refractivity contribution in [3.8, 4) is 5.75 Å². The van der Waals surface area contributed by atoms with Gasteiger partial charge in [-0.3, -0.25) is 5.11 Å². The van der Waals surface area contributed by atoms with Gasteiger partial charge in [0.05, 0.1) is 0 Å². The van der Waals surface area contributed by atoms with Gasteiger partial charge in [0, 0.05) is 5.56 Å². The van der Waals surface area contributed by atoms with Gasteiger partial charge in [-0.1, -0.05) is 18.6 Å². The first-order valence-corrected chi connectivity index (χ1v) is 4.66. The molecule has 0 amide bonds. The summed E-state index contributed by atoms with van der Waals surface area (Å²) in [5, 5.41) is 11.4. The summed E-state index contributed by atoms with van der Waals surface area (Å²) in [6, 6.07) is 5.67. The van der Waals surface area contributed by atoms with Gasteiger partial charge >= 0.3 is 0 Å². The Morgan fingerprint density at radius 3 is 2.75 bits per heavy atom. The molecule has 1 aromatic carbocycles. The monoisotopic (exact) mass is 161 g/mol. The van der Waals surface area contributed by atoms with Gasteiger partial charge in [0.2, 0.25) is 0 Å². The van der Waals surface area contributed by atoms with Crippen LogP contribution < -0.4 is 0 Å². The van der Waals surface area contributed by atoms with Gasteiger partial charge in [-0.15, -0.1) is 0 Å². The number of aryl methyl sites for hydroxylation is 1. The Bertz CT molecular complexity index is 278. The minimum Gasteiger partial charge on any atom is -0.290 e. The van der Waals surface area contributed by atoms with Crippen molar-refractivity contribution < 1.29 is 5.11 Å². The second-order valence-corrected chi connectivity index (χ2v) is 3.45. The van der Waals surface area contributed by atoms with Crippen LogP contribution in [0.5, 0.6) is 5.75 Å². The molecule has 0 fully saturated rings. The summed E-state index contributed by atoms with van der Waals surface area (Å²) < 4.78 is 0. The van der Waals surface area contributed by atoms with Gasteiger partial charge in [-0.05, 0) is 37.3 Å². The smallest absolute Gasteiger partial charge is 0.182 e. The molecule has 1 radical (unpaired) electrons. The lowest BCUT2D eigenvalue weighted by Crippen LogP contribution is -1.89. The minimum absolute atomic E-state index is 0.245. The zero-order valence-corrected chi connectivity index (χ0v) is 7.18. The zero-order chi connectivity index (χ0) is 8.39. The Morgan fingerprint density at radius 1 is 1.00 bits per heavy atom. The fraction of sp³-hybridized carbons (Fsp3) is 0.455. The maximum Gasteiger partial charge on any atom is 0.182 e. The first-order valence-electron chi connectivity index (χ1n) is 4.66. The summed E-state index contributed by atoms with van der Waals surface area (Å²) in [6.45, 7) is 0. The lowest BCUT2D eigenvalue weighted by atomic mass is 10.0. The molecule has 1 aliphatic carbocycles. The average molecular weight is 161 g/mol. The van der Waals surface area contributed by atoms with E-state index in [0.29, 0.717) is 0 Å². The average Bonchev–Trinajstić information content (AvgIpc) is 2.30. The van der Waals surface area contributed by atoms with Crippen LogP contribution in [0.2, 0.25) is 0 Å². The lowest BCUT2D eigenvalue weighted by Gasteiger charge is -2.04. The van der Waals surface area contributed by atoms with Gasteiger partial charge in [-0.25, -0.2) is 0 Å². The predicted molar refractivity (Wildman–Crippen MR) is 47.8 cm³/mol. The first-order chi connectivity index (χ1) is 5.88. The number of fused-ring (bicyclic) bond motifs is 1. The van der Waals surface area contributed by atoms with E-state index in [-0.39, 0.29) is 5.75 Å². The van der Waals surface area contributed by atoms with Crippen LogP contribution in [0.3, 0.4) is 0 Å². The molecule has 0 unspecified atom stereocenters. The highest BCUT2D eigenvalue weighted by molar-refractivity contribution is 5.39. The van der Waals surface area contributed by atoms with Crippen molar-refractivity contribution >= 4 is 0 Å². The Hall–Kier alpha value is -0.980. The van der Waals surface area contributed by atoms with E-state index in [4.69, 9.17) is 0 Å². The van der Waals surface area contributed by atoms with E-state index in [1.807, 2.05) is 6.07 Å². The lowest BCUT2D eigenvalue weighted by molar-refractivity contribution is 0.349. The second-order valence-electron chi connectivity index (χ2n) is 3.45. The van der Waals surface area contributed by atoms with Crippen LogP contribution in [0, 0.1) is 0 Å². The Morgan fingerprint density at radius 2 is 1.83 bits per heavy atom. The van der Waals surface area contributed by atoms with E-state index in [0.717, 1.165) is 18.4 Å². The van der Waals surface area contributed by atoms with Crippen molar-refractivity contribution in [1.82, 2.24) is 0 Å². The summed E-state index contributed by atoms with van der Waals surface area (Å²) in [4.78, 5) is 0. The second kappa shape index (κ2) is 3.18. The van der Waals surface area contributed by atoms with Crippen molar-refractivity contribution in [2.24, 2.45) is 0 Å². The van der Waals surface area contributed by atoms with Crippen molar-refractivity contribution in [1.29, 1.82) is 0 Å². The third kappa shape index (κ3) is 1.31. The number of hydrogen-bond donors (Lipinski definition) is 0. The number of rotatable bonds is 0. The van der Waals surface area contributed by atoms with Crippen LogP contribution in [0.15, 0.2) is 18.2 Å². The van der Waals surface area contributed by atoms with Crippen LogP contribution >= 0.6 is 0 Å². The zero-order valence-electron chi connectivity index (χ0n) is 7.18. The van der Waals surface area contributed by atoms with Gasteiger partial charge in [0.1, 0.15) is 0 Å². The van der Waals surface area contributed by atoms with E-state index >= 15 is 0 Å². The summed E-state index contributed by atoms with van der Waals surface area (Å²) in [7, 11) is 0. The largest absolute Gasteiger partial charge is 0.290 e. The van der Waals surface area contributed by atoms with Crippen LogP contribution in [0.4, 0.5) is 0 Å². The molecule has 0 spiro atoms.